The first-order chi connectivity index (χ1) is 16.3. The molecule has 2 fully saturated rings. The van der Waals surface area contributed by atoms with Crippen molar-refractivity contribution in [2.75, 3.05) is 33.3 Å². The van der Waals surface area contributed by atoms with Crippen LogP contribution in [-0.4, -0.2) is 80.0 Å². The third-order valence-corrected chi connectivity index (χ3v) is 6.84. The van der Waals surface area contributed by atoms with Crippen molar-refractivity contribution < 1.29 is 18.7 Å². The van der Waals surface area contributed by atoms with E-state index in [1.54, 1.807) is 28.9 Å². The number of fused-ring (bicyclic) bond motifs is 1. The molecule has 11 heteroatoms. The molecule has 0 aliphatic carbocycles. The fourth-order valence-corrected chi connectivity index (χ4v) is 4.87. The molecule has 5 heterocycles. The normalized spacial score (nSPS) is 18.1. The van der Waals surface area contributed by atoms with Gasteiger partial charge >= 0.3 is 0 Å². The summed E-state index contributed by atoms with van der Waals surface area (Å²) in [6.45, 7) is 3.84. The molecule has 0 radical (unpaired) electrons. The predicted molar refractivity (Wildman–Crippen MR) is 123 cm³/mol. The van der Waals surface area contributed by atoms with Gasteiger partial charge in [0.1, 0.15) is 11.3 Å². The van der Waals surface area contributed by atoms with Crippen LogP contribution in [0.1, 0.15) is 18.9 Å². The highest BCUT2D eigenvalue weighted by Gasteiger charge is 2.53. The molecule has 0 N–H and O–H groups in total. The summed E-state index contributed by atoms with van der Waals surface area (Å²) in [6, 6.07) is 1.99. The molecule has 3 aromatic rings. The molecule has 0 atom stereocenters. The van der Waals surface area contributed by atoms with Crippen LogP contribution in [0.5, 0.6) is 5.75 Å². The molecular formula is C23H24ClFN6O3. The standard InChI is InChI=1S/C23H24ClFN6O3/c1-3-20(32)29-13-23(25,14-29)22(33)28-6-4-17(5-7-28)30-12-16(9-26-30)15-8-19(34-2)21-18(24)10-27-31(21)11-15/h3,8-12,17H,1,4-7,13-14H2,2H3. The third kappa shape index (κ3) is 3.71. The molecule has 2 amide bonds. The van der Waals surface area contributed by atoms with E-state index in [-0.39, 0.29) is 25.0 Å². The van der Waals surface area contributed by atoms with E-state index in [1.165, 1.54) is 4.90 Å². The number of carbonyl (C=O) groups is 2. The van der Waals surface area contributed by atoms with Gasteiger partial charge in [0.2, 0.25) is 11.6 Å². The highest BCUT2D eigenvalue weighted by atomic mass is 35.5. The number of hydrogen-bond donors (Lipinski definition) is 0. The Morgan fingerprint density at radius 2 is 1.91 bits per heavy atom. The molecule has 2 aliphatic rings. The Bertz CT molecular complexity index is 1270. The van der Waals surface area contributed by atoms with Crippen LogP contribution in [0.3, 0.4) is 0 Å². The van der Waals surface area contributed by atoms with Crippen molar-refractivity contribution >= 4 is 28.9 Å². The average Bonchev–Trinajstić information content (AvgIpc) is 3.48. The van der Waals surface area contributed by atoms with Crippen molar-refractivity contribution in [2.45, 2.75) is 24.6 Å². The molecule has 2 aliphatic heterocycles. The molecule has 0 aromatic carbocycles. The number of rotatable bonds is 5. The average molecular weight is 487 g/mol. The molecule has 5 rings (SSSR count). The van der Waals surface area contributed by atoms with E-state index in [4.69, 9.17) is 16.3 Å². The first kappa shape index (κ1) is 22.4. The van der Waals surface area contributed by atoms with Crippen molar-refractivity contribution in [3.05, 3.63) is 48.5 Å². The van der Waals surface area contributed by atoms with Gasteiger partial charge in [-0.1, -0.05) is 18.2 Å². The molecule has 3 aromatic heterocycles. The summed E-state index contributed by atoms with van der Waals surface area (Å²) in [6.07, 6.45) is 9.62. The van der Waals surface area contributed by atoms with Gasteiger partial charge in [0.25, 0.3) is 5.91 Å². The zero-order valence-corrected chi connectivity index (χ0v) is 19.4. The number of pyridine rings is 1. The number of halogens is 2. The van der Waals surface area contributed by atoms with Crippen LogP contribution in [0.25, 0.3) is 16.6 Å². The second kappa shape index (κ2) is 8.43. The van der Waals surface area contributed by atoms with Crippen molar-refractivity contribution in [2.24, 2.45) is 0 Å². The Kier molecular flexibility index (Phi) is 5.55. The minimum Gasteiger partial charge on any atom is -0.494 e. The molecule has 34 heavy (non-hydrogen) atoms. The highest BCUT2D eigenvalue weighted by molar-refractivity contribution is 6.34. The summed E-state index contributed by atoms with van der Waals surface area (Å²) in [5.41, 5.74) is 0.476. The van der Waals surface area contributed by atoms with E-state index in [1.807, 2.05) is 23.1 Å². The Balaban J connectivity index is 1.25. The number of aromatic nitrogens is 4. The lowest BCUT2D eigenvalue weighted by atomic mass is 9.92. The number of nitrogens with zero attached hydrogens (tertiary/aromatic N) is 6. The Hall–Kier alpha value is -3.40. The first-order valence-corrected chi connectivity index (χ1v) is 11.4. The lowest BCUT2D eigenvalue weighted by Gasteiger charge is -2.45. The second-order valence-corrected chi connectivity index (χ2v) is 9.09. The molecule has 2 saturated heterocycles. The van der Waals surface area contributed by atoms with Crippen LogP contribution in [0.15, 0.2) is 43.5 Å². The van der Waals surface area contributed by atoms with E-state index < -0.39 is 11.6 Å². The Morgan fingerprint density at radius 1 is 1.18 bits per heavy atom. The van der Waals surface area contributed by atoms with Crippen LogP contribution >= 0.6 is 11.6 Å². The van der Waals surface area contributed by atoms with Crippen LogP contribution in [0.2, 0.25) is 5.02 Å². The maximum absolute atomic E-state index is 15.0. The van der Waals surface area contributed by atoms with Crippen molar-refractivity contribution in [3.63, 3.8) is 0 Å². The summed E-state index contributed by atoms with van der Waals surface area (Å²) >= 11 is 6.21. The van der Waals surface area contributed by atoms with Crippen LogP contribution in [0.4, 0.5) is 4.39 Å². The number of amides is 2. The Morgan fingerprint density at radius 3 is 2.59 bits per heavy atom. The molecule has 0 unspecified atom stereocenters. The van der Waals surface area contributed by atoms with Crippen LogP contribution < -0.4 is 4.74 Å². The maximum atomic E-state index is 15.0. The largest absolute Gasteiger partial charge is 0.494 e. The van der Waals surface area contributed by atoms with E-state index in [0.29, 0.717) is 42.2 Å². The van der Waals surface area contributed by atoms with Gasteiger partial charge in [-0.3, -0.25) is 14.3 Å². The molecule has 0 spiro atoms. The van der Waals surface area contributed by atoms with E-state index in [2.05, 4.69) is 16.8 Å². The monoisotopic (exact) mass is 486 g/mol. The quantitative estimate of drug-likeness (QED) is 0.518. The second-order valence-electron chi connectivity index (χ2n) is 8.68. The smallest absolute Gasteiger partial charge is 0.264 e. The van der Waals surface area contributed by atoms with Crippen LogP contribution in [0, 0.1) is 0 Å². The van der Waals surface area contributed by atoms with E-state index >= 15 is 0 Å². The summed E-state index contributed by atoms with van der Waals surface area (Å²) in [7, 11) is 1.58. The van der Waals surface area contributed by atoms with E-state index in [9.17, 15) is 14.0 Å². The maximum Gasteiger partial charge on any atom is 0.264 e. The number of methoxy groups -OCH3 is 1. The lowest BCUT2D eigenvalue weighted by Crippen LogP contribution is -2.68. The minimum absolute atomic E-state index is 0.0957. The van der Waals surface area contributed by atoms with Gasteiger partial charge in [0.05, 0.1) is 43.7 Å². The van der Waals surface area contributed by atoms with Crippen molar-refractivity contribution in [1.82, 2.24) is 29.2 Å². The number of alkyl halides is 1. The number of piperidine rings is 1. The van der Waals surface area contributed by atoms with Gasteiger partial charge in [0.15, 0.2) is 0 Å². The van der Waals surface area contributed by atoms with E-state index in [0.717, 1.165) is 17.2 Å². The molecule has 0 bridgehead atoms. The number of ether oxygens (including phenoxy) is 1. The summed E-state index contributed by atoms with van der Waals surface area (Å²) in [5, 5.41) is 9.31. The summed E-state index contributed by atoms with van der Waals surface area (Å²) in [5.74, 6) is -0.288. The highest BCUT2D eigenvalue weighted by Crippen LogP contribution is 2.34. The summed E-state index contributed by atoms with van der Waals surface area (Å²) in [4.78, 5) is 27.1. The SMILES string of the molecule is C=CC(=O)N1CC(F)(C(=O)N2CCC(n3cc(-c4cc(OC)c5c(Cl)cnn5c4)cn3)CC2)C1. The van der Waals surface area contributed by atoms with Crippen molar-refractivity contribution in [3.8, 4) is 16.9 Å². The van der Waals surface area contributed by atoms with Gasteiger partial charge in [-0.05, 0) is 25.0 Å². The Labute approximate surface area is 200 Å². The fraction of sp³-hybridized carbons (Fsp3) is 0.391. The molecule has 9 nitrogen and oxygen atoms in total. The van der Waals surface area contributed by atoms with Gasteiger partial charge in [-0.2, -0.15) is 10.2 Å². The minimum atomic E-state index is -2.00. The fourth-order valence-electron chi connectivity index (χ4n) is 4.64. The molecular weight excluding hydrogens is 463 g/mol. The molecule has 0 saturated carbocycles. The van der Waals surface area contributed by atoms with Crippen molar-refractivity contribution in [1.29, 1.82) is 0 Å². The van der Waals surface area contributed by atoms with Gasteiger partial charge in [0, 0.05) is 36.6 Å². The third-order valence-electron chi connectivity index (χ3n) is 6.57. The topological polar surface area (TPSA) is 85.0 Å². The number of likely N-dealkylation sites (tertiary alicyclic amines) is 2. The summed E-state index contributed by atoms with van der Waals surface area (Å²) < 4.78 is 24.0. The predicted octanol–water partition coefficient (Wildman–Crippen LogP) is 2.76. The lowest BCUT2D eigenvalue weighted by molar-refractivity contribution is -0.162. The molecule has 178 valence electrons. The van der Waals surface area contributed by atoms with Gasteiger partial charge in [-0.15, -0.1) is 0 Å². The zero-order valence-electron chi connectivity index (χ0n) is 18.7. The number of hydrogen-bond acceptors (Lipinski definition) is 5. The van der Waals surface area contributed by atoms with Gasteiger partial charge in [-0.25, -0.2) is 8.91 Å². The van der Waals surface area contributed by atoms with Gasteiger partial charge < -0.3 is 14.5 Å². The number of carbonyl (C=O) groups excluding carboxylic acids is 2. The first-order valence-electron chi connectivity index (χ1n) is 11.0. The van der Waals surface area contributed by atoms with Crippen LogP contribution in [-0.2, 0) is 9.59 Å². The zero-order chi connectivity index (χ0) is 24.0.